The molecule has 11 heteroatoms. The van der Waals surface area contributed by atoms with Crippen molar-refractivity contribution in [2.24, 2.45) is 53.3 Å². The van der Waals surface area contributed by atoms with Gasteiger partial charge >= 0.3 is 11.9 Å². The van der Waals surface area contributed by atoms with Gasteiger partial charge in [-0.15, -0.1) is 0 Å². The van der Waals surface area contributed by atoms with Gasteiger partial charge in [-0.25, -0.2) is 9.97 Å². The number of pyridine rings is 2. The number of nitrogens with zero attached hydrogens (tertiary/aromatic N) is 4. The minimum atomic E-state index is -0.463. The van der Waals surface area contributed by atoms with E-state index < -0.39 is 11.9 Å². The Morgan fingerprint density at radius 2 is 1.10 bits per heavy atom. The van der Waals surface area contributed by atoms with Crippen LogP contribution in [0.3, 0.4) is 0 Å². The summed E-state index contributed by atoms with van der Waals surface area (Å²) in [5, 5.41) is 6.93. The summed E-state index contributed by atoms with van der Waals surface area (Å²) >= 11 is 0. The van der Waals surface area contributed by atoms with Crippen LogP contribution in [0.15, 0.2) is 24.3 Å². The van der Waals surface area contributed by atoms with Gasteiger partial charge in [-0.1, -0.05) is 0 Å². The molecule has 2 aromatic rings. The third-order valence-corrected chi connectivity index (χ3v) is 16.4. The number of esters is 2. The highest BCUT2D eigenvalue weighted by Gasteiger charge is 2.52. The molecule has 59 heavy (non-hydrogen) atoms. The van der Waals surface area contributed by atoms with Gasteiger partial charge in [0.25, 0.3) is 11.8 Å². The van der Waals surface area contributed by atoms with Gasteiger partial charge in [0.1, 0.15) is 11.6 Å². The summed E-state index contributed by atoms with van der Waals surface area (Å²) in [6.45, 7) is 6.82. The highest BCUT2D eigenvalue weighted by Crippen LogP contribution is 2.56. The molecule has 8 aliphatic carbocycles. The van der Waals surface area contributed by atoms with Crippen LogP contribution in [0.2, 0.25) is 0 Å². The van der Waals surface area contributed by atoms with Gasteiger partial charge in [-0.3, -0.25) is 19.2 Å². The number of amides is 2. The molecule has 2 amide bonds. The van der Waals surface area contributed by atoms with E-state index in [-0.39, 0.29) is 42.0 Å². The molecule has 0 unspecified atom stereocenters. The molecule has 0 spiro atoms. The van der Waals surface area contributed by atoms with Crippen molar-refractivity contribution in [3.63, 3.8) is 0 Å². The Balaban J connectivity index is 0.684. The number of piperidine rings is 2. The summed E-state index contributed by atoms with van der Waals surface area (Å²) in [5.41, 5.74) is 2.72. The number of ether oxygens (including phenoxy) is 1. The van der Waals surface area contributed by atoms with Gasteiger partial charge in [0.05, 0.1) is 35.4 Å². The van der Waals surface area contributed by atoms with E-state index in [0.717, 1.165) is 111 Å². The number of anilines is 2. The Morgan fingerprint density at radius 3 is 1.58 bits per heavy atom. The lowest BCUT2D eigenvalue weighted by molar-refractivity contribution is -0.161. The fraction of sp³-hybridized carbons (Fsp3) is 0.708. The van der Waals surface area contributed by atoms with E-state index in [1.165, 1.54) is 51.4 Å². The summed E-state index contributed by atoms with van der Waals surface area (Å²) in [7, 11) is 0. The van der Waals surface area contributed by atoms with Crippen LogP contribution in [0.5, 0.6) is 0 Å². The molecular formula is C48H64N6O5. The Kier molecular flexibility index (Phi) is 10.5. The van der Waals surface area contributed by atoms with E-state index >= 15 is 0 Å². The van der Waals surface area contributed by atoms with Crippen molar-refractivity contribution in [2.75, 3.05) is 36.0 Å². The third kappa shape index (κ3) is 8.13. The average Bonchev–Trinajstić information content (AvgIpc) is 3.18. The molecule has 12 rings (SSSR count). The van der Waals surface area contributed by atoms with Crippen LogP contribution < -0.4 is 20.4 Å². The van der Waals surface area contributed by atoms with Crippen molar-refractivity contribution in [2.45, 2.75) is 135 Å². The van der Waals surface area contributed by atoms with Crippen molar-refractivity contribution >= 4 is 35.4 Å². The minimum absolute atomic E-state index is 0.00160. The molecule has 2 aliphatic heterocycles. The topological polar surface area (TPSA) is 134 Å². The number of hydrogen-bond acceptors (Lipinski definition) is 9. The van der Waals surface area contributed by atoms with E-state index in [0.29, 0.717) is 42.1 Å². The highest BCUT2D eigenvalue weighted by atomic mass is 16.6. The molecule has 0 radical (unpaired) electrons. The van der Waals surface area contributed by atoms with Gasteiger partial charge in [-0.05, 0) is 188 Å². The van der Waals surface area contributed by atoms with E-state index in [9.17, 15) is 19.2 Å². The Labute approximate surface area is 349 Å². The van der Waals surface area contributed by atoms with Crippen LogP contribution in [0, 0.1) is 67.1 Å². The van der Waals surface area contributed by atoms with Crippen molar-refractivity contribution in [1.82, 2.24) is 20.6 Å². The van der Waals surface area contributed by atoms with Gasteiger partial charge in [-0.2, -0.15) is 0 Å². The molecule has 11 nitrogen and oxygen atoms in total. The Bertz CT molecular complexity index is 1920. The second-order valence-corrected chi connectivity index (χ2v) is 20.8. The molecular weight excluding hydrogens is 741 g/mol. The number of aryl methyl sites for hydroxylation is 2. The van der Waals surface area contributed by atoms with Gasteiger partial charge in [0.15, 0.2) is 0 Å². The van der Waals surface area contributed by atoms with E-state index in [1.807, 2.05) is 38.1 Å². The van der Waals surface area contributed by atoms with Crippen LogP contribution >= 0.6 is 0 Å². The standard InChI is InChI=1S/C48H64N6O5/c1-28-39(46(57)51-45-37-17-32-13-33(19-37)20-38(45)18-32)7-9-41(49-28)53-11-3-5-30(26-53)21-43(55)59-44(56)22-31-6-4-12-54(27-31)42-10-8-40(29(2)50-42)47(58)52-48-23-34-14-35(24-48)16-36(15-34)25-48/h7-10,30-38,45H,3-6,11-27H2,1-2H3,(H,51,57)(H,52,58)/t30-,31-,32?,33?,34?,35?,36?,37?,38?,45?,48?/m0/s1. The predicted molar refractivity (Wildman–Crippen MR) is 225 cm³/mol. The van der Waals surface area contributed by atoms with Gasteiger partial charge in [0, 0.05) is 37.8 Å². The number of rotatable bonds is 10. The highest BCUT2D eigenvalue weighted by molar-refractivity contribution is 5.96. The number of hydrogen-bond donors (Lipinski definition) is 2. The fourth-order valence-corrected chi connectivity index (χ4v) is 14.5. The number of nitrogens with one attached hydrogen (secondary N) is 2. The van der Waals surface area contributed by atoms with Crippen molar-refractivity contribution in [3.8, 4) is 0 Å². The summed E-state index contributed by atoms with van der Waals surface area (Å²) < 4.78 is 5.42. The molecule has 10 aliphatic rings. The average molecular weight is 805 g/mol. The first kappa shape index (κ1) is 39.1. The van der Waals surface area contributed by atoms with Crippen LogP contribution in [0.1, 0.15) is 141 Å². The van der Waals surface area contributed by atoms with Crippen molar-refractivity contribution < 1.29 is 23.9 Å². The fourth-order valence-electron chi connectivity index (χ4n) is 14.5. The second-order valence-electron chi connectivity index (χ2n) is 20.8. The SMILES string of the molecule is Cc1nc(N2CCC[C@@H](CC(=O)OC(=O)C[C@@H]3CCCN(c4ccc(C(=O)NC56CC7CC(CC(C7)C5)C6)c(C)n4)C3)C2)ccc1C(=O)NC1C2CC3CC(C2)CC1C3. The quantitative estimate of drug-likeness (QED) is 0.187. The smallest absolute Gasteiger partial charge is 0.313 e. The number of carbonyl (C=O) groups excluding carboxylic acids is 4. The normalized spacial score (nSPS) is 35.4. The maximum atomic E-state index is 13.6. The molecule has 2 N–H and O–H groups in total. The maximum Gasteiger partial charge on any atom is 0.313 e. The van der Waals surface area contributed by atoms with Crippen LogP contribution in [-0.4, -0.2) is 71.5 Å². The van der Waals surface area contributed by atoms with E-state index in [1.54, 1.807) is 0 Å². The largest absolute Gasteiger partial charge is 0.393 e. The first-order valence-electron chi connectivity index (χ1n) is 23.3. The second kappa shape index (κ2) is 15.8. The third-order valence-electron chi connectivity index (χ3n) is 16.4. The lowest BCUT2D eigenvalue weighted by Gasteiger charge is -2.56. The molecule has 2 atom stereocenters. The lowest BCUT2D eigenvalue weighted by Crippen LogP contribution is -2.59. The van der Waals surface area contributed by atoms with Crippen LogP contribution in [-0.2, 0) is 14.3 Å². The molecule has 10 fully saturated rings. The Morgan fingerprint density at radius 1 is 0.644 bits per heavy atom. The lowest BCUT2D eigenvalue weighted by atomic mass is 9.53. The molecule has 0 aromatic carbocycles. The zero-order chi connectivity index (χ0) is 40.4. The van der Waals surface area contributed by atoms with Crippen molar-refractivity contribution in [3.05, 3.63) is 46.8 Å². The summed E-state index contributed by atoms with van der Waals surface area (Å²) in [6, 6.07) is 8.03. The minimum Gasteiger partial charge on any atom is -0.393 e. The summed E-state index contributed by atoms with van der Waals surface area (Å²) in [4.78, 5) is 67.4. The van der Waals surface area contributed by atoms with Crippen molar-refractivity contribution in [1.29, 1.82) is 0 Å². The molecule has 8 saturated carbocycles. The van der Waals surface area contributed by atoms with Crippen LogP contribution in [0.25, 0.3) is 0 Å². The first-order chi connectivity index (χ1) is 28.5. The van der Waals surface area contributed by atoms with E-state index in [4.69, 9.17) is 14.7 Å². The van der Waals surface area contributed by atoms with E-state index in [2.05, 4.69) is 20.4 Å². The zero-order valence-electron chi connectivity index (χ0n) is 35.3. The maximum absolute atomic E-state index is 13.6. The van der Waals surface area contributed by atoms with Gasteiger partial charge < -0.3 is 25.2 Å². The monoisotopic (exact) mass is 804 g/mol. The molecule has 2 aromatic heterocycles. The molecule has 8 bridgehead atoms. The van der Waals surface area contributed by atoms with Crippen LogP contribution in [0.4, 0.5) is 11.6 Å². The van der Waals surface area contributed by atoms with Gasteiger partial charge in [0.2, 0.25) is 0 Å². The predicted octanol–water partition coefficient (Wildman–Crippen LogP) is 7.33. The summed E-state index contributed by atoms with van der Waals surface area (Å²) in [6.07, 6.45) is 17.8. The molecule has 2 saturated heterocycles. The molecule has 316 valence electrons. The summed E-state index contributed by atoms with van der Waals surface area (Å²) in [5.74, 6) is 6.13. The first-order valence-corrected chi connectivity index (χ1v) is 23.3. The number of aromatic nitrogens is 2. The zero-order valence-corrected chi connectivity index (χ0v) is 35.3. The number of carbonyl (C=O) groups is 4. The Hall–Kier alpha value is -4.02. The molecule has 4 heterocycles.